The van der Waals surface area contributed by atoms with E-state index in [1.807, 2.05) is 24.3 Å². The Morgan fingerprint density at radius 3 is 1.75 bits per heavy atom. The fraction of sp³-hybridized carbons (Fsp3) is 0.136. The average Bonchev–Trinajstić information content (AvgIpc) is 3.40. The summed E-state index contributed by atoms with van der Waals surface area (Å²) in [5.41, 5.74) is 4.00. The van der Waals surface area contributed by atoms with Crippen LogP contribution in [0.25, 0.3) is 0 Å². The Bertz CT molecular complexity index is 812. The summed E-state index contributed by atoms with van der Waals surface area (Å²) in [4.78, 5) is 11.0. The molecule has 0 aliphatic heterocycles. The average molecular weight is 313 g/mol. The number of carbonyl (C=O) groups excluding carboxylic acids is 1. The summed E-state index contributed by atoms with van der Waals surface area (Å²) in [6.45, 7) is 0. The third-order valence-electron chi connectivity index (χ3n) is 5.09. The zero-order valence-electron chi connectivity index (χ0n) is 13.2. The molecule has 0 saturated heterocycles. The van der Waals surface area contributed by atoms with Crippen LogP contribution < -0.4 is 5.11 Å². The fourth-order valence-corrected chi connectivity index (χ4v) is 3.79. The first-order valence-corrected chi connectivity index (χ1v) is 8.14. The molecule has 1 fully saturated rings. The molecular weight excluding hydrogens is 296 g/mol. The van der Waals surface area contributed by atoms with Gasteiger partial charge in [0, 0.05) is 5.41 Å². The Labute approximate surface area is 141 Å². The van der Waals surface area contributed by atoms with Gasteiger partial charge < -0.3 is 9.90 Å². The quantitative estimate of drug-likeness (QED) is 0.739. The number of carboxylic acids is 1. The van der Waals surface area contributed by atoms with Crippen LogP contribution in [-0.2, 0) is 5.41 Å². The Hall–Kier alpha value is -2.87. The van der Waals surface area contributed by atoms with Crippen LogP contribution in [0.2, 0.25) is 0 Å². The highest BCUT2D eigenvalue weighted by Gasteiger charge is 2.56. The molecule has 1 atom stereocenters. The van der Waals surface area contributed by atoms with Gasteiger partial charge in [0.15, 0.2) is 0 Å². The lowest BCUT2D eigenvalue weighted by Crippen LogP contribution is -2.22. The SMILES string of the molecule is O=C([O-])c1ccc([C@@H]2CC2(c2ccccc2)c2ccccc2)cc1. The van der Waals surface area contributed by atoms with Crippen LogP contribution in [0.3, 0.4) is 0 Å². The van der Waals surface area contributed by atoms with Crippen LogP contribution in [0.1, 0.15) is 39.4 Å². The van der Waals surface area contributed by atoms with E-state index in [-0.39, 0.29) is 11.0 Å². The minimum absolute atomic E-state index is 0.0223. The van der Waals surface area contributed by atoms with Gasteiger partial charge in [0.05, 0.1) is 5.97 Å². The minimum atomic E-state index is -1.13. The molecule has 0 radical (unpaired) electrons. The molecule has 1 aliphatic rings. The van der Waals surface area contributed by atoms with Crippen LogP contribution in [0.4, 0.5) is 0 Å². The normalized spacial score (nSPS) is 18.1. The van der Waals surface area contributed by atoms with Crippen LogP contribution in [0.15, 0.2) is 84.9 Å². The maximum Gasteiger partial charge on any atom is 0.0715 e. The maximum absolute atomic E-state index is 11.0. The number of hydrogen-bond donors (Lipinski definition) is 0. The summed E-state index contributed by atoms with van der Waals surface area (Å²) < 4.78 is 0. The summed E-state index contributed by atoms with van der Waals surface area (Å²) in [6, 6.07) is 28.2. The van der Waals surface area contributed by atoms with Gasteiger partial charge in [-0.15, -0.1) is 0 Å². The first kappa shape index (κ1) is 14.7. The van der Waals surface area contributed by atoms with Gasteiger partial charge in [0.2, 0.25) is 0 Å². The number of carboxylic acid groups (broad SMARTS) is 1. The van der Waals surface area contributed by atoms with Crippen molar-refractivity contribution >= 4 is 5.97 Å². The minimum Gasteiger partial charge on any atom is -0.545 e. The molecule has 0 N–H and O–H groups in total. The summed E-state index contributed by atoms with van der Waals surface area (Å²) in [5, 5.41) is 11.0. The summed E-state index contributed by atoms with van der Waals surface area (Å²) in [6.07, 6.45) is 1.03. The smallest absolute Gasteiger partial charge is 0.0715 e. The van der Waals surface area contributed by atoms with Crippen molar-refractivity contribution in [2.45, 2.75) is 17.8 Å². The Kier molecular flexibility index (Phi) is 3.46. The second-order valence-electron chi connectivity index (χ2n) is 6.37. The molecule has 0 aromatic heterocycles. The molecule has 0 bridgehead atoms. The lowest BCUT2D eigenvalue weighted by molar-refractivity contribution is -0.255. The van der Waals surface area contributed by atoms with Crippen molar-refractivity contribution in [3.05, 3.63) is 107 Å². The van der Waals surface area contributed by atoms with Gasteiger partial charge in [-0.05, 0) is 34.6 Å². The number of benzene rings is 3. The topological polar surface area (TPSA) is 40.1 Å². The Morgan fingerprint density at radius 1 is 0.792 bits per heavy atom. The van der Waals surface area contributed by atoms with Crippen molar-refractivity contribution in [2.75, 3.05) is 0 Å². The molecule has 24 heavy (non-hydrogen) atoms. The third kappa shape index (κ3) is 2.31. The van der Waals surface area contributed by atoms with Gasteiger partial charge >= 0.3 is 0 Å². The second kappa shape index (κ2) is 5.64. The van der Waals surface area contributed by atoms with Crippen molar-refractivity contribution in [3.63, 3.8) is 0 Å². The van der Waals surface area contributed by atoms with Gasteiger partial charge in [-0.25, -0.2) is 0 Å². The number of aromatic carboxylic acids is 1. The van der Waals surface area contributed by atoms with E-state index in [0.29, 0.717) is 5.92 Å². The zero-order chi connectivity index (χ0) is 16.6. The lowest BCUT2D eigenvalue weighted by atomic mass is 9.84. The molecule has 1 saturated carbocycles. The van der Waals surface area contributed by atoms with E-state index < -0.39 is 5.97 Å². The molecule has 3 aromatic rings. The second-order valence-corrected chi connectivity index (χ2v) is 6.37. The number of rotatable bonds is 4. The maximum atomic E-state index is 11.0. The molecule has 3 aromatic carbocycles. The van der Waals surface area contributed by atoms with Crippen LogP contribution >= 0.6 is 0 Å². The lowest BCUT2D eigenvalue weighted by Gasteiger charge is -2.19. The highest BCUT2D eigenvalue weighted by Crippen LogP contribution is 2.64. The van der Waals surface area contributed by atoms with Crippen molar-refractivity contribution in [1.29, 1.82) is 0 Å². The van der Waals surface area contributed by atoms with Crippen LogP contribution in [0, 0.1) is 0 Å². The Morgan fingerprint density at radius 2 is 1.29 bits per heavy atom. The first-order valence-electron chi connectivity index (χ1n) is 8.14. The van der Waals surface area contributed by atoms with Gasteiger partial charge in [-0.2, -0.15) is 0 Å². The van der Waals surface area contributed by atoms with E-state index in [2.05, 4.69) is 48.5 Å². The van der Waals surface area contributed by atoms with E-state index in [4.69, 9.17) is 0 Å². The van der Waals surface area contributed by atoms with Crippen molar-refractivity contribution in [2.24, 2.45) is 0 Å². The molecule has 2 nitrogen and oxygen atoms in total. The monoisotopic (exact) mass is 313 g/mol. The van der Waals surface area contributed by atoms with Crippen molar-refractivity contribution in [1.82, 2.24) is 0 Å². The van der Waals surface area contributed by atoms with Gasteiger partial charge in [0.25, 0.3) is 0 Å². The highest BCUT2D eigenvalue weighted by atomic mass is 16.4. The predicted octanol–water partition coefficient (Wildman–Crippen LogP) is 3.52. The molecule has 0 amide bonds. The van der Waals surface area contributed by atoms with E-state index >= 15 is 0 Å². The standard InChI is InChI=1S/C22H18O2/c23-21(24)17-13-11-16(12-14-17)20-15-22(20,18-7-3-1-4-8-18)19-9-5-2-6-10-19/h1-14,20H,15H2,(H,23,24)/p-1/t20-/m0/s1. The first-order chi connectivity index (χ1) is 11.7. The van der Waals surface area contributed by atoms with E-state index in [9.17, 15) is 9.90 Å². The predicted molar refractivity (Wildman–Crippen MR) is 91.8 cm³/mol. The van der Waals surface area contributed by atoms with Crippen LogP contribution in [-0.4, -0.2) is 5.97 Å². The molecule has 0 spiro atoms. The van der Waals surface area contributed by atoms with Crippen molar-refractivity contribution < 1.29 is 9.90 Å². The summed E-state index contributed by atoms with van der Waals surface area (Å²) in [5.74, 6) is -0.771. The largest absolute Gasteiger partial charge is 0.545 e. The van der Waals surface area contributed by atoms with Crippen LogP contribution in [0.5, 0.6) is 0 Å². The molecule has 0 unspecified atom stereocenters. The van der Waals surface area contributed by atoms with E-state index in [0.717, 1.165) is 6.42 Å². The number of carbonyl (C=O) groups is 1. The Balaban J connectivity index is 1.76. The number of hydrogen-bond acceptors (Lipinski definition) is 2. The van der Waals surface area contributed by atoms with Gasteiger partial charge in [0.1, 0.15) is 0 Å². The van der Waals surface area contributed by atoms with Gasteiger partial charge in [-0.3, -0.25) is 0 Å². The fourth-order valence-electron chi connectivity index (χ4n) is 3.79. The molecule has 118 valence electrons. The molecular formula is C22H17O2-. The zero-order valence-corrected chi connectivity index (χ0v) is 13.2. The van der Waals surface area contributed by atoms with Gasteiger partial charge in [-0.1, -0.05) is 84.9 Å². The molecule has 1 aliphatic carbocycles. The molecule has 2 heteroatoms. The summed E-state index contributed by atoms with van der Waals surface area (Å²) >= 11 is 0. The molecule has 4 rings (SSSR count). The van der Waals surface area contributed by atoms with E-state index in [1.54, 1.807) is 12.1 Å². The highest BCUT2D eigenvalue weighted by molar-refractivity contribution is 5.85. The summed E-state index contributed by atoms with van der Waals surface area (Å²) in [7, 11) is 0. The van der Waals surface area contributed by atoms with Crippen molar-refractivity contribution in [3.8, 4) is 0 Å². The molecule has 0 heterocycles. The van der Waals surface area contributed by atoms with E-state index in [1.165, 1.54) is 16.7 Å². The third-order valence-corrected chi connectivity index (χ3v) is 5.09.